The van der Waals surface area contributed by atoms with Gasteiger partial charge in [0.25, 0.3) is 0 Å². The number of ether oxygens (including phenoxy) is 1. The number of aromatic carboxylic acids is 1. The molecule has 0 radical (unpaired) electrons. The molecule has 0 saturated heterocycles. The van der Waals surface area contributed by atoms with Crippen LogP contribution in [-0.2, 0) is 4.74 Å². The largest absolute Gasteiger partial charge is 0.478 e. The Morgan fingerprint density at radius 2 is 1.41 bits per heavy atom. The number of esters is 1. The van der Waals surface area contributed by atoms with Crippen molar-refractivity contribution in [3.8, 4) is 0 Å². The maximum Gasteiger partial charge on any atom is 0.338 e. The summed E-state index contributed by atoms with van der Waals surface area (Å²) in [6, 6.07) is 29.3. The number of nitrogens with zero attached hydrogens (tertiary/aromatic N) is 2. The van der Waals surface area contributed by atoms with Crippen LogP contribution in [-0.4, -0.2) is 23.7 Å². The molecule has 0 spiro atoms. The molecular formula is C34H31N3O4. The minimum atomic E-state index is -0.988. The van der Waals surface area contributed by atoms with E-state index >= 15 is 0 Å². The first kappa shape index (κ1) is 28.9. The molecule has 206 valence electrons. The van der Waals surface area contributed by atoms with Gasteiger partial charge in [0.2, 0.25) is 0 Å². The van der Waals surface area contributed by atoms with E-state index in [1.54, 1.807) is 43.3 Å². The third-order valence-electron chi connectivity index (χ3n) is 6.33. The van der Waals surface area contributed by atoms with Crippen LogP contribution in [0.3, 0.4) is 0 Å². The van der Waals surface area contributed by atoms with Gasteiger partial charge in [-0.3, -0.25) is 0 Å². The van der Waals surface area contributed by atoms with Gasteiger partial charge in [0, 0.05) is 0 Å². The van der Waals surface area contributed by atoms with Crippen molar-refractivity contribution >= 4 is 35.5 Å². The quantitative estimate of drug-likeness (QED) is 0.188. The summed E-state index contributed by atoms with van der Waals surface area (Å²) in [5.41, 5.74) is 14.2. The van der Waals surface area contributed by atoms with E-state index in [-0.39, 0.29) is 17.6 Å². The van der Waals surface area contributed by atoms with Crippen molar-refractivity contribution in [3.05, 3.63) is 142 Å². The van der Waals surface area contributed by atoms with E-state index in [0.29, 0.717) is 23.5 Å². The fourth-order valence-corrected chi connectivity index (χ4v) is 4.07. The van der Waals surface area contributed by atoms with Gasteiger partial charge in [0.15, 0.2) is 0 Å². The first-order chi connectivity index (χ1) is 19.8. The molecule has 1 unspecified atom stereocenters. The summed E-state index contributed by atoms with van der Waals surface area (Å²) in [4.78, 5) is 22.2. The second-order valence-corrected chi connectivity index (χ2v) is 9.31. The Kier molecular flexibility index (Phi) is 9.70. The zero-order valence-corrected chi connectivity index (χ0v) is 22.9. The average Bonchev–Trinajstić information content (AvgIpc) is 2.99. The number of benzene rings is 4. The molecular weight excluding hydrogens is 514 g/mol. The van der Waals surface area contributed by atoms with Gasteiger partial charge in [-0.25, -0.2) is 9.59 Å². The van der Waals surface area contributed by atoms with Gasteiger partial charge in [0.1, 0.15) is 0 Å². The van der Waals surface area contributed by atoms with Crippen molar-refractivity contribution < 1.29 is 19.4 Å². The number of carbonyl (C=O) groups is 2. The number of carbonyl (C=O) groups excluding carboxylic acids is 1. The number of carboxylic acid groups (broad SMARTS) is 1. The van der Waals surface area contributed by atoms with Gasteiger partial charge < -0.3 is 15.6 Å². The number of carboxylic acids is 1. The van der Waals surface area contributed by atoms with Crippen LogP contribution in [0.25, 0.3) is 12.2 Å². The van der Waals surface area contributed by atoms with Crippen LogP contribution >= 0.6 is 0 Å². The SMILES string of the molecule is CCOC(=O)c1ccc(N=Nc2ccc(C(=O)O)cc2)cc1.Cc1ccc(C=C2C=Cc3ccccc3C2N)cc1. The lowest BCUT2D eigenvalue weighted by atomic mass is 9.88. The zero-order valence-electron chi connectivity index (χ0n) is 22.9. The highest BCUT2D eigenvalue weighted by atomic mass is 16.5. The molecule has 0 bridgehead atoms. The highest BCUT2D eigenvalue weighted by Crippen LogP contribution is 2.31. The third-order valence-corrected chi connectivity index (χ3v) is 6.33. The number of hydrogen-bond acceptors (Lipinski definition) is 6. The smallest absolute Gasteiger partial charge is 0.338 e. The molecule has 3 N–H and O–H groups in total. The predicted molar refractivity (Wildman–Crippen MR) is 162 cm³/mol. The summed E-state index contributed by atoms with van der Waals surface area (Å²) in [5, 5.41) is 16.8. The normalized spacial score (nSPS) is 14.7. The van der Waals surface area contributed by atoms with Gasteiger partial charge in [-0.15, -0.1) is 0 Å². The molecule has 4 aromatic carbocycles. The van der Waals surface area contributed by atoms with Crippen LogP contribution in [0.5, 0.6) is 0 Å². The van der Waals surface area contributed by atoms with E-state index in [2.05, 4.69) is 71.8 Å². The number of aryl methyl sites for hydroxylation is 1. The highest BCUT2D eigenvalue weighted by molar-refractivity contribution is 5.89. The van der Waals surface area contributed by atoms with Crippen LogP contribution < -0.4 is 5.73 Å². The fourth-order valence-electron chi connectivity index (χ4n) is 4.07. The Morgan fingerprint density at radius 1 is 0.829 bits per heavy atom. The van der Waals surface area contributed by atoms with E-state index in [1.807, 2.05) is 12.1 Å². The van der Waals surface area contributed by atoms with Gasteiger partial charge in [-0.1, -0.05) is 66.2 Å². The molecule has 7 nitrogen and oxygen atoms in total. The maximum absolute atomic E-state index is 11.5. The number of hydrogen-bond donors (Lipinski definition) is 2. The van der Waals surface area contributed by atoms with Crippen LogP contribution in [0, 0.1) is 6.92 Å². The van der Waals surface area contributed by atoms with Gasteiger partial charge in [-0.05, 0) is 90.7 Å². The molecule has 1 atom stereocenters. The van der Waals surface area contributed by atoms with E-state index < -0.39 is 5.97 Å². The van der Waals surface area contributed by atoms with Crippen molar-refractivity contribution in [1.29, 1.82) is 0 Å². The third kappa shape index (κ3) is 7.94. The first-order valence-corrected chi connectivity index (χ1v) is 13.2. The van der Waals surface area contributed by atoms with E-state index in [0.717, 1.165) is 5.57 Å². The molecule has 0 saturated carbocycles. The predicted octanol–water partition coefficient (Wildman–Crippen LogP) is 8.08. The molecule has 7 heteroatoms. The second-order valence-electron chi connectivity index (χ2n) is 9.31. The van der Waals surface area contributed by atoms with Crippen molar-refractivity contribution in [2.24, 2.45) is 16.0 Å². The maximum atomic E-state index is 11.5. The number of fused-ring (bicyclic) bond motifs is 1. The van der Waals surface area contributed by atoms with Crippen LogP contribution in [0.4, 0.5) is 11.4 Å². The van der Waals surface area contributed by atoms with Gasteiger partial charge >= 0.3 is 11.9 Å². The highest BCUT2D eigenvalue weighted by Gasteiger charge is 2.16. The molecule has 4 aromatic rings. The Hall–Kier alpha value is -5.14. The molecule has 0 aromatic heterocycles. The standard InChI is InChI=1S/C18H17N.C16H14N2O4/c1-13-6-8-14(9-7-13)12-16-11-10-15-4-2-3-5-17(15)18(16)19;1-2-22-16(21)12-5-9-14(10-6-12)18-17-13-7-3-11(4-8-13)15(19)20/h2-12,18H,19H2,1H3;3-10H,2H2,1H3,(H,19,20). The summed E-state index contributed by atoms with van der Waals surface area (Å²) in [7, 11) is 0. The van der Waals surface area contributed by atoms with E-state index in [4.69, 9.17) is 15.6 Å². The van der Waals surface area contributed by atoms with E-state index in [1.165, 1.54) is 34.4 Å². The first-order valence-electron chi connectivity index (χ1n) is 13.2. The number of nitrogens with two attached hydrogens (primary N) is 1. The lowest BCUT2D eigenvalue weighted by molar-refractivity contribution is 0.0526. The average molecular weight is 546 g/mol. The van der Waals surface area contributed by atoms with Gasteiger partial charge in [0.05, 0.1) is 35.2 Å². The Balaban J connectivity index is 0.000000191. The van der Waals surface area contributed by atoms with Crippen molar-refractivity contribution in [1.82, 2.24) is 0 Å². The molecule has 41 heavy (non-hydrogen) atoms. The van der Waals surface area contributed by atoms with Crippen molar-refractivity contribution in [2.45, 2.75) is 19.9 Å². The molecule has 0 fully saturated rings. The summed E-state index contributed by atoms with van der Waals surface area (Å²) in [5.74, 6) is -1.37. The van der Waals surface area contributed by atoms with Crippen LogP contribution in [0.2, 0.25) is 0 Å². The van der Waals surface area contributed by atoms with Crippen molar-refractivity contribution in [3.63, 3.8) is 0 Å². The number of azo groups is 1. The van der Waals surface area contributed by atoms with Crippen LogP contribution in [0.1, 0.15) is 55.9 Å². The number of rotatable bonds is 6. The Labute approximate surface area is 239 Å². The summed E-state index contributed by atoms with van der Waals surface area (Å²) >= 11 is 0. The molecule has 5 rings (SSSR count). The van der Waals surface area contributed by atoms with E-state index in [9.17, 15) is 9.59 Å². The lowest BCUT2D eigenvalue weighted by Crippen LogP contribution is -2.15. The molecule has 1 aliphatic rings. The Morgan fingerprint density at radius 3 is 2.00 bits per heavy atom. The van der Waals surface area contributed by atoms with Gasteiger partial charge in [-0.2, -0.15) is 10.2 Å². The van der Waals surface area contributed by atoms with Crippen LogP contribution in [0.15, 0.2) is 119 Å². The monoisotopic (exact) mass is 545 g/mol. The van der Waals surface area contributed by atoms with Crippen molar-refractivity contribution in [2.75, 3.05) is 6.61 Å². The Bertz CT molecular complexity index is 1590. The molecule has 0 aliphatic heterocycles. The molecule has 1 aliphatic carbocycles. The minimum Gasteiger partial charge on any atom is -0.478 e. The lowest BCUT2D eigenvalue weighted by Gasteiger charge is -2.20. The second kappa shape index (κ2) is 13.8. The fraction of sp³-hybridized carbons (Fsp3) is 0.118. The topological polar surface area (TPSA) is 114 Å². The molecule has 0 amide bonds. The summed E-state index contributed by atoms with van der Waals surface area (Å²) in [6.45, 7) is 4.17. The summed E-state index contributed by atoms with van der Waals surface area (Å²) in [6.07, 6.45) is 6.42. The minimum absolute atomic E-state index is 0.0393. The summed E-state index contributed by atoms with van der Waals surface area (Å²) < 4.78 is 4.89. The molecule has 0 heterocycles. The zero-order chi connectivity index (χ0) is 29.2.